The number of carbonyl (C=O) groups excluding carboxylic acids is 6. The van der Waals surface area contributed by atoms with Gasteiger partial charge in [0.25, 0.3) is 0 Å². The molecule has 7 rings (SSSR count). The third kappa shape index (κ3) is 7.99. The average molecular weight is 896 g/mol. The number of ketones is 1. The molecule has 5 aliphatic carbocycles. The second kappa shape index (κ2) is 16.9. The van der Waals surface area contributed by atoms with Crippen LogP contribution in [0.1, 0.15) is 146 Å². The first kappa shape index (κ1) is 47.8. The molecule has 0 aromatic carbocycles. The minimum absolute atomic E-state index is 0.0357. The van der Waals surface area contributed by atoms with Crippen molar-refractivity contribution < 1.29 is 61.9 Å². The van der Waals surface area contributed by atoms with Gasteiger partial charge in [0.15, 0.2) is 30.3 Å². The molecule has 14 atom stereocenters. The molecule has 0 bridgehead atoms. The Bertz CT molecular complexity index is 2080. The number of methoxy groups -OCH3 is 1. The smallest absolute Gasteiger partial charge is 0.311 e. The van der Waals surface area contributed by atoms with E-state index in [9.17, 15) is 28.8 Å². The lowest BCUT2D eigenvalue weighted by Gasteiger charge is -2.70. The molecule has 1 aromatic rings. The van der Waals surface area contributed by atoms with E-state index in [1.54, 1.807) is 6.20 Å². The van der Waals surface area contributed by atoms with Crippen LogP contribution in [0, 0.1) is 50.2 Å². The molecule has 4 saturated carbocycles. The highest BCUT2D eigenvalue weighted by atomic mass is 16.7. The van der Waals surface area contributed by atoms with Gasteiger partial charge in [-0.15, -0.1) is 5.10 Å². The Hall–Kier alpha value is -4.18. The Morgan fingerprint density at radius 2 is 1.44 bits per heavy atom. The van der Waals surface area contributed by atoms with Crippen molar-refractivity contribution in [1.82, 2.24) is 15.0 Å². The van der Waals surface area contributed by atoms with E-state index in [1.807, 2.05) is 13.0 Å². The van der Waals surface area contributed by atoms with Crippen LogP contribution in [0.2, 0.25) is 0 Å². The number of ether oxygens (including phenoxy) is 7. The van der Waals surface area contributed by atoms with Gasteiger partial charge in [-0.2, -0.15) is 0 Å². The van der Waals surface area contributed by atoms with Gasteiger partial charge in [-0.1, -0.05) is 52.3 Å². The normalized spacial score (nSPS) is 41.1. The van der Waals surface area contributed by atoms with E-state index in [-0.39, 0.29) is 75.9 Å². The summed E-state index contributed by atoms with van der Waals surface area (Å²) in [5, 5.41) is 8.68. The molecule has 1 aromatic heterocycles. The highest BCUT2D eigenvalue weighted by Gasteiger charge is 2.70. The zero-order chi connectivity index (χ0) is 46.9. The van der Waals surface area contributed by atoms with E-state index >= 15 is 0 Å². The Balaban J connectivity index is 1.11. The summed E-state index contributed by atoms with van der Waals surface area (Å²) in [6, 6.07) is 0. The lowest BCUT2D eigenvalue weighted by atomic mass is 9.33. The van der Waals surface area contributed by atoms with E-state index in [0.717, 1.165) is 58.3 Å². The Morgan fingerprint density at radius 1 is 0.797 bits per heavy atom. The second-order valence-corrected chi connectivity index (χ2v) is 21.7. The van der Waals surface area contributed by atoms with Crippen LogP contribution in [0.15, 0.2) is 17.8 Å². The molecule has 0 amide bonds. The van der Waals surface area contributed by atoms with E-state index in [4.69, 9.17) is 33.2 Å². The fraction of sp³-hybridized carbons (Fsp3) is 0.792. The second-order valence-electron chi connectivity index (χ2n) is 21.7. The van der Waals surface area contributed by atoms with Crippen LogP contribution in [-0.2, 0) is 68.5 Å². The van der Waals surface area contributed by atoms with E-state index in [2.05, 4.69) is 51.9 Å². The third-order valence-electron chi connectivity index (χ3n) is 17.4. The van der Waals surface area contributed by atoms with Gasteiger partial charge in [0.1, 0.15) is 18.4 Å². The molecule has 2 heterocycles. The molecule has 0 spiro atoms. The number of fused-ring (bicyclic) bond motifs is 7. The van der Waals surface area contributed by atoms with Crippen molar-refractivity contribution in [3.8, 4) is 0 Å². The number of hydrogen-bond donors (Lipinski definition) is 0. The molecule has 2 unspecified atom stereocenters. The van der Waals surface area contributed by atoms with Gasteiger partial charge in [-0.05, 0) is 110 Å². The topological polar surface area (TPSA) is 198 Å². The molecule has 0 radical (unpaired) electrons. The first-order valence-corrected chi connectivity index (χ1v) is 23.0. The van der Waals surface area contributed by atoms with E-state index in [0.29, 0.717) is 12.1 Å². The minimum Gasteiger partial charge on any atom is -0.469 e. The van der Waals surface area contributed by atoms with Crippen molar-refractivity contribution in [2.24, 2.45) is 50.2 Å². The zero-order valence-corrected chi connectivity index (χ0v) is 39.8. The Morgan fingerprint density at radius 3 is 2.08 bits per heavy atom. The minimum atomic E-state index is -1.35. The van der Waals surface area contributed by atoms with Crippen molar-refractivity contribution in [3.05, 3.63) is 23.5 Å². The van der Waals surface area contributed by atoms with Crippen molar-refractivity contribution >= 4 is 35.6 Å². The van der Waals surface area contributed by atoms with Crippen LogP contribution >= 0.6 is 0 Å². The molecule has 0 N–H and O–H groups in total. The average Bonchev–Trinajstić information content (AvgIpc) is 3.67. The summed E-state index contributed by atoms with van der Waals surface area (Å²) in [5.74, 6) is -2.55. The van der Waals surface area contributed by atoms with Crippen LogP contribution < -0.4 is 0 Å². The van der Waals surface area contributed by atoms with Crippen LogP contribution in [0.4, 0.5) is 0 Å². The predicted molar refractivity (Wildman–Crippen MR) is 227 cm³/mol. The van der Waals surface area contributed by atoms with Crippen molar-refractivity contribution in [2.45, 2.75) is 177 Å². The molecule has 64 heavy (non-hydrogen) atoms. The summed E-state index contributed by atoms with van der Waals surface area (Å²) in [4.78, 5) is 76.9. The number of rotatable bonds is 10. The third-order valence-corrected chi connectivity index (χ3v) is 17.4. The van der Waals surface area contributed by atoms with Crippen LogP contribution in [0.3, 0.4) is 0 Å². The van der Waals surface area contributed by atoms with Gasteiger partial charge in [0.2, 0.25) is 0 Å². The highest BCUT2D eigenvalue weighted by molar-refractivity contribution is 5.95. The number of nitrogens with zero attached hydrogens (tertiary/aromatic N) is 3. The highest BCUT2D eigenvalue weighted by Crippen LogP contribution is 2.75. The van der Waals surface area contributed by atoms with Gasteiger partial charge in [0.05, 0.1) is 31.4 Å². The monoisotopic (exact) mass is 895 g/mol. The summed E-state index contributed by atoms with van der Waals surface area (Å²) < 4.78 is 41.6. The van der Waals surface area contributed by atoms with Crippen LogP contribution in [0.5, 0.6) is 0 Å². The van der Waals surface area contributed by atoms with E-state index in [1.165, 1.54) is 38.1 Å². The van der Waals surface area contributed by atoms with Crippen molar-refractivity contribution in [2.75, 3.05) is 13.7 Å². The molecule has 354 valence electrons. The lowest BCUT2D eigenvalue weighted by Crippen LogP contribution is -2.66. The standard InChI is InChI=1S/C48H69N3O13/c1-26(52)59-25-34-37(61-27(2)53)38(62-28(3)54)39(63-29(4)55)41(64-34)51-23-30(49-50-51)24-60-36-14-15-46(9)35(43(36,5)6)13-16-48(11)40(46)33(56)21-31-32-22-45(8,42(57)58-12)18-17-44(32,7)19-20-47(31,48)10/h21,23,32,34-41H,13-20,22,24-25H2,1-12H3/t32-,34-,35?,36+,37+,38+,39-,40-,41?,44-,45+,46+,47-,48-/m1/s1. The van der Waals surface area contributed by atoms with Crippen LogP contribution in [-0.4, -0.2) is 94.9 Å². The lowest BCUT2D eigenvalue weighted by molar-refractivity contribution is -0.270. The largest absolute Gasteiger partial charge is 0.469 e. The maximum Gasteiger partial charge on any atom is 0.311 e. The summed E-state index contributed by atoms with van der Waals surface area (Å²) in [6.45, 7) is 20.5. The summed E-state index contributed by atoms with van der Waals surface area (Å²) in [7, 11) is 1.48. The zero-order valence-electron chi connectivity index (χ0n) is 39.8. The molecule has 16 nitrogen and oxygen atoms in total. The number of aromatic nitrogens is 3. The summed E-state index contributed by atoms with van der Waals surface area (Å²) in [5.41, 5.74) is 0.154. The number of hydrogen-bond acceptors (Lipinski definition) is 15. The molecular weight excluding hydrogens is 827 g/mol. The molecular formula is C48H69N3O13. The maximum absolute atomic E-state index is 14.9. The number of allylic oxidation sites excluding steroid dienone is 2. The molecule has 16 heteroatoms. The fourth-order valence-corrected chi connectivity index (χ4v) is 14.0. The van der Waals surface area contributed by atoms with Crippen molar-refractivity contribution in [1.29, 1.82) is 0 Å². The first-order valence-electron chi connectivity index (χ1n) is 23.0. The summed E-state index contributed by atoms with van der Waals surface area (Å²) in [6.07, 6.45) is 5.05. The SMILES string of the molecule is COC(=O)[C@@]1(C)CC[C@]2(C)CC[C@]3(C)C(=CC(=O)[C@@H]4[C@@]5(C)CC[C@H](OCc6cn(C7O[C@H](COC(C)=O)[C@H](OC(C)=O)[C@H](OC(C)=O)[C@H]7OC(C)=O)nn6)C(C)(C)C5CC[C@]43C)[C@H]2C1. The Kier molecular flexibility index (Phi) is 12.6. The van der Waals surface area contributed by atoms with Gasteiger partial charge >= 0.3 is 29.8 Å². The van der Waals surface area contributed by atoms with Gasteiger partial charge in [-0.25, -0.2) is 4.68 Å². The van der Waals surface area contributed by atoms with Crippen molar-refractivity contribution in [3.63, 3.8) is 0 Å². The predicted octanol–water partition coefficient (Wildman–Crippen LogP) is 6.57. The van der Waals surface area contributed by atoms with Gasteiger partial charge < -0.3 is 33.2 Å². The number of esters is 5. The number of carbonyl (C=O) groups is 6. The molecule has 5 fully saturated rings. The van der Waals surface area contributed by atoms with Crippen LogP contribution in [0.25, 0.3) is 0 Å². The van der Waals surface area contributed by atoms with Gasteiger partial charge in [0, 0.05) is 33.6 Å². The Labute approximate surface area is 376 Å². The van der Waals surface area contributed by atoms with E-state index < -0.39 is 59.9 Å². The van der Waals surface area contributed by atoms with Gasteiger partial charge in [-0.3, -0.25) is 28.8 Å². The first-order chi connectivity index (χ1) is 29.8. The molecule has 1 saturated heterocycles. The fourth-order valence-electron chi connectivity index (χ4n) is 14.0. The maximum atomic E-state index is 14.9. The molecule has 1 aliphatic heterocycles. The molecule has 6 aliphatic rings. The quantitative estimate of drug-likeness (QED) is 0.180. The summed E-state index contributed by atoms with van der Waals surface area (Å²) >= 11 is 0.